The maximum Gasteiger partial charge on any atom is 0.403 e. The van der Waals surface area contributed by atoms with Gasteiger partial charge in [-0.3, -0.25) is 14.8 Å². The average Bonchev–Trinajstić information content (AvgIpc) is 3.14. The number of thiophene rings is 1. The Bertz CT molecular complexity index is 652. The third-order valence-electron chi connectivity index (χ3n) is 5.53. The van der Waals surface area contributed by atoms with Crippen LogP contribution < -0.4 is 5.32 Å². The number of halogens is 3. The first-order valence-electron chi connectivity index (χ1n) is 10.00. The molecule has 9 heteroatoms. The van der Waals surface area contributed by atoms with Crippen molar-refractivity contribution in [1.29, 1.82) is 0 Å². The molecule has 1 N–H and O–H groups in total. The molecular weight excluding hydrogens is 387 g/mol. The van der Waals surface area contributed by atoms with Crippen LogP contribution in [0.25, 0.3) is 0 Å². The average molecular weight is 418 g/mol. The lowest BCUT2D eigenvalue weighted by molar-refractivity contribution is -0.181. The fourth-order valence-corrected chi connectivity index (χ4v) is 4.64. The lowest BCUT2D eigenvalue weighted by Gasteiger charge is -2.39. The van der Waals surface area contributed by atoms with Crippen molar-refractivity contribution >= 4 is 17.3 Å². The summed E-state index contributed by atoms with van der Waals surface area (Å²) in [5.41, 5.74) is 1.43. The van der Waals surface area contributed by atoms with Gasteiger partial charge in [0, 0.05) is 57.2 Å². The highest BCUT2D eigenvalue weighted by Gasteiger charge is 2.41. The molecule has 0 amide bonds. The van der Waals surface area contributed by atoms with E-state index < -0.39 is 12.2 Å². The minimum atomic E-state index is -4.17. The van der Waals surface area contributed by atoms with Crippen LogP contribution in [-0.4, -0.2) is 85.2 Å². The predicted octanol–water partition coefficient (Wildman–Crippen LogP) is 2.64. The summed E-state index contributed by atoms with van der Waals surface area (Å²) < 4.78 is 38.8. The molecular formula is C19H30F3N5S. The molecule has 0 aliphatic carbocycles. The minimum Gasteiger partial charge on any atom is -0.357 e. The molecule has 2 aliphatic heterocycles. The van der Waals surface area contributed by atoms with Crippen molar-refractivity contribution in [3.8, 4) is 0 Å². The maximum atomic E-state index is 12.9. The van der Waals surface area contributed by atoms with Gasteiger partial charge in [0.25, 0.3) is 0 Å². The monoisotopic (exact) mass is 417 g/mol. The molecule has 3 rings (SSSR count). The lowest BCUT2D eigenvalue weighted by Crippen LogP contribution is -2.56. The number of fused-ring (bicyclic) bond motifs is 1. The van der Waals surface area contributed by atoms with Crippen LogP contribution >= 0.6 is 11.3 Å². The van der Waals surface area contributed by atoms with E-state index in [-0.39, 0.29) is 0 Å². The summed E-state index contributed by atoms with van der Waals surface area (Å²) >= 11 is 1.84. The minimum absolute atomic E-state index is 0.401. The summed E-state index contributed by atoms with van der Waals surface area (Å²) in [4.78, 5) is 12.3. The molecule has 0 saturated carbocycles. The Balaban J connectivity index is 1.49. The fraction of sp³-hybridized carbons (Fsp3) is 0.737. The van der Waals surface area contributed by atoms with Gasteiger partial charge in [0.2, 0.25) is 0 Å². The van der Waals surface area contributed by atoms with E-state index in [1.807, 2.05) is 18.3 Å². The predicted molar refractivity (Wildman–Crippen MR) is 108 cm³/mol. The summed E-state index contributed by atoms with van der Waals surface area (Å²) in [5, 5.41) is 5.46. The van der Waals surface area contributed by atoms with Crippen molar-refractivity contribution in [1.82, 2.24) is 20.0 Å². The zero-order chi connectivity index (χ0) is 20.1. The van der Waals surface area contributed by atoms with Gasteiger partial charge in [-0.2, -0.15) is 13.2 Å². The summed E-state index contributed by atoms with van der Waals surface area (Å²) in [5.74, 6) is 0.815. The summed E-state index contributed by atoms with van der Waals surface area (Å²) in [6.45, 7) is 9.58. The van der Waals surface area contributed by atoms with Crippen LogP contribution in [-0.2, 0) is 13.0 Å². The molecule has 1 saturated heterocycles. The molecule has 1 atom stereocenters. The Hall–Kier alpha value is -1.32. The third-order valence-corrected chi connectivity index (χ3v) is 6.56. The molecule has 158 valence electrons. The Morgan fingerprint density at radius 1 is 1.25 bits per heavy atom. The molecule has 1 unspecified atom stereocenters. The molecule has 0 radical (unpaired) electrons. The molecule has 0 bridgehead atoms. The van der Waals surface area contributed by atoms with Gasteiger partial charge in [0.15, 0.2) is 5.96 Å². The van der Waals surface area contributed by atoms with Gasteiger partial charge >= 0.3 is 6.18 Å². The van der Waals surface area contributed by atoms with Crippen LogP contribution in [0.2, 0.25) is 0 Å². The Kier molecular flexibility index (Phi) is 7.22. The zero-order valence-electron chi connectivity index (χ0n) is 16.6. The number of hydrogen-bond donors (Lipinski definition) is 1. The molecule has 3 heterocycles. The van der Waals surface area contributed by atoms with Crippen molar-refractivity contribution in [3.05, 3.63) is 21.9 Å². The van der Waals surface area contributed by atoms with E-state index in [1.54, 1.807) is 0 Å². The van der Waals surface area contributed by atoms with Crippen molar-refractivity contribution in [2.75, 3.05) is 52.4 Å². The van der Waals surface area contributed by atoms with Crippen LogP contribution in [0.4, 0.5) is 13.2 Å². The third kappa shape index (κ3) is 5.39. The van der Waals surface area contributed by atoms with E-state index in [1.165, 1.54) is 22.3 Å². The quantitative estimate of drug-likeness (QED) is 0.590. The highest BCUT2D eigenvalue weighted by atomic mass is 32.1. The van der Waals surface area contributed by atoms with E-state index in [2.05, 4.69) is 26.6 Å². The first-order valence-corrected chi connectivity index (χ1v) is 10.9. The number of alkyl halides is 3. The van der Waals surface area contributed by atoms with Crippen molar-refractivity contribution in [3.63, 3.8) is 0 Å². The molecule has 1 aromatic heterocycles. The first-order chi connectivity index (χ1) is 13.4. The van der Waals surface area contributed by atoms with Crippen LogP contribution in [0.1, 0.15) is 24.3 Å². The number of aliphatic imine (C=N–C) groups is 1. The molecule has 0 aromatic carbocycles. The van der Waals surface area contributed by atoms with Gasteiger partial charge in [-0.05, 0) is 37.3 Å². The number of nitrogens with one attached hydrogen (secondary N) is 1. The Labute approximate surface area is 169 Å². The van der Waals surface area contributed by atoms with E-state index in [9.17, 15) is 13.2 Å². The normalized spacial score (nSPS) is 20.9. The summed E-state index contributed by atoms with van der Waals surface area (Å²) in [6.07, 6.45) is -3.06. The second-order valence-electron chi connectivity index (χ2n) is 7.37. The molecule has 1 aromatic rings. The van der Waals surface area contributed by atoms with Crippen molar-refractivity contribution in [2.45, 2.75) is 39.0 Å². The largest absolute Gasteiger partial charge is 0.403 e. The van der Waals surface area contributed by atoms with Crippen LogP contribution in [0, 0.1) is 0 Å². The van der Waals surface area contributed by atoms with E-state index in [4.69, 9.17) is 4.99 Å². The SMILES string of the molecule is CCNC(=NCCN1CCc2sccc2C1)N1CCN(C(C)C(F)(F)F)CC1. The van der Waals surface area contributed by atoms with E-state index in [0.29, 0.717) is 32.7 Å². The summed E-state index contributed by atoms with van der Waals surface area (Å²) in [6, 6.07) is 0.816. The molecule has 5 nitrogen and oxygen atoms in total. The van der Waals surface area contributed by atoms with Crippen molar-refractivity contribution in [2.24, 2.45) is 4.99 Å². The molecule has 28 heavy (non-hydrogen) atoms. The van der Waals surface area contributed by atoms with Gasteiger partial charge in [-0.1, -0.05) is 0 Å². The smallest absolute Gasteiger partial charge is 0.357 e. The Morgan fingerprint density at radius 2 is 2.00 bits per heavy atom. The number of rotatable bonds is 5. The topological polar surface area (TPSA) is 34.1 Å². The van der Waals surface area contributed by atoms with Gasteiger partial charge in [0.05, 0.1) is 6.54 Å². The fourth-order valence-electron chi connectivity index (χ4n) is 3.75. The summed E-state index contributed by atoms with van der Waals surface area (Å²) in [7, 11) is 0. The second kappa shape index (κ2) is 9.45. The van der Waals surface area contributed by atoms with Crippen LogP contribution in [0.3, 0.4) is 0 Å². The van der Waals surface area contributed by atoms with Crippen LogP contribution in [0.5, 0.6) is 0 Å². The van der Waals surface area contributed by atoms with Crippen molar-refractivity contribution < 1.29 is 13.2 Å². The number of piperazine rings is 1. The van der Waals surface area contributed by atoms with E-state index >= 15 is 0 Å². The lowest BCUT2D eigenvalue weighted by atomic mass is 10.1. The maximum absolute atomic E-state index is 12.9. The van der Waals surface area contributed by atoms with Crippen LogP contribution in [0.15, 0.2) is 16.4 Å². The standard InChI is InChI=1S/C19H30F3N5S/c1-3-23-18(27-11-9-26(10-12-27)15(2)19(20,21)22)24-6-8-25-7-4-17-16(14-25)5-13-28-17/h5,13,15H,3-4,6-12,14H2,1-2H3,(H,23,24). The van der Waals surface area contributed by atoms with Gasteiger partial charge < -0.3 is 10.2 Å². The van der Waals surface area contributed by atoms with Gasteiger partial charge in [-0.15, -0.1) is 11.3 Å². The second-order valence-corrected chi connectivity index (χ2v) is 8.37. The number of hydrogen-bond acceptors (Lipinski definition) is 4. The molecule has 2 aliphatic rings. The highest BCUT2D eigenvalue weighted by molar-refractivity contribution is 7.10. The van der Waals surface area contributed by atoms with E-state index in [0.717, 1.165) is 38.6 Å². The highest BCUT2D eigenvalue weighted by Crippen LogP contribution is 2.25. The first kappa shape index (κ1) is 21.4. The molecule has 1 fully saturated rings. The molecule has 0 spiro atoms. The number of nitrogens with zero attached hydrogens (tertiary/aromatic N) is 4. The zero-order valence-corrected chi connectivity index (χ0v) is 17.5. The van der Waals surface area contributed by atoms with Gasteiger partial charge in [0.1, 0.15) is 6.04 Å². The number of guanidine groups is 1. The van der Waals surface area contributed by atoms with Gasteiger partial charge in [-0.25, -0.2) is 0 Å². The Morgan fingerprint density at radius 3 is 2.68 bits per heavy atom.